The molecule has 106 valence electrons. The second kappa shape index (κ2) is 5.60. The fraction of sp³-hybridized carbons (Fsp3) is 0.583. The van der Waals surface area contributed by atoms with E-state index < -0.39 is 10.0 Å². The lowest BCUT2D eigenvalue weighted by Gasteiger charge is -2.19. The Bertz CT molecular complexity index is 565. The van der Waals surface area contributed by atoms with Crippen LogP contribution in [0.2, 0.25) is 0 Å². The van der Waals surface area contributed by atoms with Gasteiger partial charge >= 0.3 is 0 Å². The van der Waals surface area contributed by atoms with E-state index in [-0.39, 0.29) is 10.1 Å². The Hall–Kier alpha value is -0.920. The number of likely N-dealkylation sites (tertiary alicyclic amines) is 1. The van der Waals surface area contributed by atoms with Crippen LogP contribution >= 0.6 is 11.3 Å². The maximum Gasteiger partial charge on any atom is 0.254 e. The number of nitrogens with zero attached hydrogens (tertiary/aromatic N) is 1. The van der Waals surface area contributed by atoms with Crippen molar-refractivity contribution >= 4 is 27.3 Å². The largest absolute Gasteiger partial charge is 0.339 e. The quantitative estimate of drug-likeness (QED) is 0.902. The fourth-order valence-electron chi connectivity index (χ4n) is 2.23. The van der Waals surface area contributed by atoms with E-state index >= 15 is 0 Å². The molecule has 1 aliphatic rings. The molecule has 1 aromatic rings. The zero-order valence-corrected chi connectivity index (χ0v) is 12.5. The fourth-order valence-corrected chi connectivity index (χ4v) is 3.81. The van der Waals surface area contributed by atoms with Crippen LogP contribution in [0.3, 0.4) is 0 Å². The first-order valence-corrected chi connectivity index (χ1v) is 8.71. The molecule has 1 amide bonds. The number of hydrogen-bond donors (Lipinski definition) is 1. The molecule has 2 N–H and O–H groups in total. The first-order valence-electron chi connectivity index (χ1n) is 6.28. The van der Waals surface area contributed by atoms with Gasteiger partial charge in [0.05, 0.1) is 5.56 Å². The molecular formula is C12H18N2O3S2. The van der Waals surface area contributed by atoms with Gasteiger partial charge in [0.25, 0.3) is 5.91 Å². The zero-order valence-electron chi connectivity index (χ0n) is 10.8. The Kier molecular flexibility index (Phi) is 4.27. The van der Waals surface area contributed by atoms with Crippen LogP contribution in [-0.4, -0.2) is 32.3 Å². The summed E-state index contributed by atoms with van der Waals surface area (Å²) in [5.74, 6) is 0.542. The van der Waals surface area contributed by atoms with Gasteiger partial charge in [0, 0.05) is 18.5 Å². The maximum atomic E-state index is 12.3. The lowest BCUT2D eigenvalue weighted by Crippen LogP contribution is -2.31. The van der Waals surface area contributed by atoms with Gasteiger partial charge in [0.2, 0.25) is 10.0 Å². The molecular weight excluding hydrogens is 284 g/mol. The van der Waals surface area contributed by atoms with Gasteiger partial charge in [-0.1, -0.05) is 6.92 Å². The minimum absolute atomic E-state index is 0.0408. The Morgan fingerprint density at radius 1 is 1.42 bits per heavy atom. The molecule has 5 nitrogen and oxygen atoms in total. The highest BCUT2D eigenvalue weighted by molar-refractivity contribution is 7.91. The molecule has 2 rings (SSSR count). The minimum atomic E-state index is -3.71. The number of primary sulfonamides is 1. The number of hydrogen-bond acceptors (Lipinski definition) is 4. The molecule has 7 heteroatoms. The second-order valence-electron chi connectivity index (χ2n) is 5.03. The van der Waals surface area contributed by atoms with Crippen molar-refractivity contribution in [2.75, 3.05) is 13.1 Å². The molecule has 1 aliphatic heterocycles. The Morgan fingerprint density at radius 3 is 2.79 bits per heavy atom. The van der Waals surface area contributed by atoms with Crippen molar-refractivity contribution in [2.24, 2.45) is 11.1 Å². The van der Waals surface area contributed by atoms with Gasteiger partial charge < -0.3 is 4.90 Å². The number of nitrogens with two attached hydrogens (primary N) is 1. The first-order chi connectivity index (χ1) is 8.88. The van der Waals surface area contributed by atoms with Gasteiger partial charge in [-0.05, 0) is 31.2 Å². The summed E-state index contributed by atoms with van der Waals surface area (Å²) < 4.78 is 22.5. The summed E-state index contributed by atoms with van der Waals surface area (Å²) in [4.78, 5) is 14.1. The number of carbonyl (C=O) groups excluding carboxylic acids is 1. The van der Waals surface area contributed by atoms with E-state index in [4.69, 9.17) is 5.14 Å². The lowest BCUT2D eigenvalue weighted by molar-refractivity contribution is 0.0761. The van der Waals surface area contributed by atoms with E-state index in [1.807, 2.05) is 0 Å². The van der Waals surface area contributed by atoms with Gasteiger partial charge in [0.15, 0.2) is 0 Å². The van der Waals surface area contributed by atoms with Gasteiger partial charge in [-0.2, -0.15) is 0 Å². The molecule has 1 unspecified atom stereocenters. The minimum Gasteiger partial charge on any atom is -0.339 e. The molecule has 1 saturated heterocycles. The first kappa shape index (κ1) is 14.5. The van der Waals surface area contributed by atoms with Crippen molar-refractivity contribution in [3.05, 3.63) is 17.0 Å². The smallest absolute Gasteiger partial charge is 0.254 e. The highest BCUT2D eigenvalue weighted by atomic mass is 32.2. The molecule has 0 aliphatic carbocycles. The summed E-state index contributed by atoms with van der Waals surface area (Å²) in [6.45, 7) is 3.67. The summed E-state index contributed by atoms with van der Waals surface area (Å²) in [6.07, 6.45) is 3.13. The van der Waals surface area contributed by atoms with Crippen LogP contribution < -0.4 is 5.14 Å². The van der Waals surface area contributed by atoms with E-state index in [0.717, 1.165) is 43.7 Å². The third-order valence-corrected chi connectivity index (χ3v) is 5.79. The molecule has 1 atom stereocenters. The highest BCUT2D eigenvalue weighted by Gasteiger charge is 2.22. The van der Waals surface area contributed by atoms with Crippen molar-refractivity contribution in [3.63, 3.8) is 0 Å². The Morgan fingerprint density at radius 2 is 2.16 bits per heavy atom. The normalized spacial score (nSPS) is 21.2. The summed E-state index contributed by atoms with van der Waals surface area (Å²) in [7, 11) is -3.71. The van der Waals surface area contributed by atoms with Crippen molar-refractivity contribution < 1.29 is 13.2 Å². The van der Waals surface area contributed by atoms with Crippen LogP contribution in [0.4, 0.5) is 0 Å². The monoisotopic (exact) mass is 302 g/mol. The Labute approximate surface area is 117 Å². The lowest BCUT2D eigenvalue weighted by atomic mass is 10.0. The topological polar surface area (TPSA) is 80.5 Å². The van der Waals surface area contributed by atoms with Crippen LogP contribution in [-0.2, 0) is 10.0 Å². The number of rotatable bonds is 2. The molecule has 0 bridgehead atoms. The van der Waals surface area contributed by atoms with Crippen LogP contribution in [0.15, 0.2) is 15.7 Å². The van der Waals surface area contributed by atoms with E-state index in [1.54, 1.807) is 10.3 Å². The Balaban J connectivity index is 2.13. The van der Waals surface area contributed by atoms with Crippen LogP contribution in [0, 0.1) is 5.92 Å². The van der Waals surface area contributed by atoms with E-state index in [1.165, 1.54) is 6.07 Å². The summed E-state index contributed by atoms with van der Waals surface area (Å²) >= 11 is 0.994. The molecule has 0 aromatic carbocycles. The van der Waals surface area contributed by atoms with Gasteiger partial charge in [-0.25, -0.2) is 13.6 Å². The third-order valence-electron chi connectivity index (χ3n) is 3.41. The predicted octanol–water partition coefficient (Wildman–Crippen LogP) is 1.66. The SMILES string of the molecule is CC1CCCN(C(=O)c2csc(S(N)(=O)=O)c2)CC1. The van der Waals surface area contributed by atoms with Crippen molar-refractivity contribution in [2.45, 2.75) is 30.4 Å². The third kappa shape index (κ3) is 3.55. The van der Waals surface area contributed by atoms with Crippen LogP contribution in [0.5, 0.6) is 0 Å². The predicted molar refractivity (Wildman–Crippen MR) is 74.6 cm³/mol. The summed E-state index contributed by atoms with van der Waals surface area (Å²) in [5.41, 5.74) is 0.420. The standard InChI is InChI=1S/C12H18N2O3S2/c1-9-3-2-5-14(6-4-9)12(15)10-7-11(18-8-10)19(13,16)17/h7-9H,2-6H2,1H3,(H2,13,16,17). The number of carbonyl (C=O) groups is 1. The van der Waals surface area contributed by atoms with Gasteiger partial charge in [-0.15, -0.1) is 11.3 Å². The molecule has 2 heterocycles. The molecule has 0 radical (unpaired) electrons. The molecule has 1 fully saturated rings. The average molecular weight is 302 g/mol. The molecule has 0 spiro atoms. The van der Waals surface area contributed by atoms with Crippen LogP contribution in [0.1, 0.15) is 36.5 Å². The zero-order chi connectivity index (χ0) is 14.0. The van der Waals surface area contributed by atoms with E-state index in [9.17, 15) is 13.2 Å². The van der Waals surface area contributed by atoms with Gasteiger partial charge in [-0.3, -0.25) is 4.79 Å². The molecule has 0 saturated carbocycles. The average Bonchev–Trinajstić information content (AvgIpc) is 2.73. The summed E-state index contributed by atoms with van der Waals surface area (Å²) in [5, 5.41) is 6.62. The maximum absolute atomic E-state index is 12.3. The second-order valence-corrected chi connectivity index (χ2v) is 7.73. The van der Waals surface area contributed by atoms with Crippen molar-refractivity contribution in [1.29, 1.82) is 0 Å². The number of sulfonamides is 1. The van der Waals surface area contributed by atoms with Crippen LogP contribution in [0.25, 0.3) is 0 Å². The van der Waals surface area contributed by atoms with E-state index in [2.05, 4.69) is 6.92 Å². The summed E-state index contributed by atoms with van der Waals surface area (Å²) in [6, 6.07) is 1.37. The van der Waals surface area contributed by atoms with Gasteiger partial charge in [0.1, 0.15) is 4.21 Å². The highest BCUT2D eigenvalue weighted by Crippen LogP contribution is 2.22. The number of thiophene rings is 1. The van der Waals surface area contributed by atoms with Crippen molar-refractivity contribution in [3.8, 4) is 0 Å². The van der Waals surface area contributed by atoms with Crippen molar-refractivity contribution in [1.82, 2.24) is 4.90 Å². The molecule has 19 heavy (non-hydrogen) atoms. The molecule has 1 aromatic heterocycles. The van der Waals surface area contributed by atoms with E-state index in [0.29, 0.717) is 11.5 Å². The number of amides is 1.